The van der Waals surface area contributed by atoms with Gasteiger partial charge in [-0.25, -0.2) is 0 Å². The molecule has 2 fully saturated rings. The van der Waals surface area contributed by atoms with Gasteiger partial charge in [0.2, 0.25) is 11.8 Å². The molecule has 0 unspecified atom stereocenters. The molecule has 1 heterocycles. The van der Waals surface area contributed by atoms with Gasteiger partial charge in [-0.1, -0.05) is 19.8 Å². The van der Waals surface area contributed by atoms with Crippen LogP contribution >= 0.6 is 0 Å². The summed E-state index contributed by atoms with van der Waals surface area (Å²) in [6, 6.07) is 0. The second kappa shape index (κ2) is 6.37. The second-order valence-electron chi connectivity index (χ2n) is 5.53. The van der Waals surface area contributed by atoms with Crippen molar-refractivity contribution in [3.8, 4) is 0 Å². The highest BCUT2D eigenvalue weighted by molar-refractivity contribution is 5.98. The van der Waals surface area contributed by atoms with Crippen LogP contribution in [0.1, 0.15) is 45.4 Å². The fourth-order valence-electron chi connectivity index (χ4n) is 3.01. The molecule has 1 N–H and O–H groups in total. The molecule has 5 nitrogen and oxygen atoms in total. The van der Waals surface area contributed by atoms with Crippen molar-refractivity contribution < 1.29 is 14.3 Å². The predicted octanol–water partition coefficient (Wildman–Crippen LogP) is 1.07. The van der Waals surface area contributed by atoms with Crippen molar-refractivity contribution in [2.75, 3.05) is 26.3 Å². The van der Waals surface area contributed by atoms with E-state index in [9.17, 15) is 9.59 Å². The van der Waals surface area contributed by atoms with Crippen molar-refractivity contribution in [2.24, 2.45) is 0 Å². The van der Waals surface area contributed by atoms with Crippen molar-refractivity contribution >= 4 is 11.8 Å². The van der Waals surface area contributed by atoms with E-state index in [1.54, 1.807) is 4.90 Å². The first kappa shape index (κ1) is 14.3. The van der Waals surface area contributed by atoms with Gasteiger partial charge in [0.25, 0.3) is 0 Å². The highest BCUT2D eigenvalue weighted by Crippen LogP contribution is 2.33. The van der Waals surface area contributed by atoms with Gasteiger partial charge >= 0.3 is 0 Å². The van der Waals surface area contributed by atoms with Crippen LogP contribution in [0.25, 0.3) is 0 Å². The third-order valence-electron chi connectivity index (χ3n) is 3.93. The van der Waals surface area contributed by atoms with E-state index in [1.807, 2.05) is 0 Å². The van der Waals surface area contributed by atoms with Gasteiger partial charge in [-0.3, -0.25) is 9.59 Å². The van der Waals surface area contributed by atoms with E-state index in [1.165, 1.54) is 0 Å². The summed E-state index contributed by atoms with van der Waals surface area (Å²) in [6.07, 6.45) is 5.45. The van der Waals surface area contributed by atoms with Gasteiger partial charge in [-0.05, 0) is 25.7 Å². The van der Waals surface area contributed by atoms with E-state index < -0.39 is 5.54 Å². The van der Waals surface area contributed by atoms with Crippen LogP contribution in [0.4, 0.5) is 0 Å². The Labute approximate surface area is 114 Å². The van der Waals surface area contributed by atoms with Crippen LogP contribution in [-0.2, 0) is 14.3 Å². The molecule has 0 bridgehead atoms. The normalized spacial score (nSPS) is 22.1. The lowest BCUT2D eigenvalue weighted by Gasteiger charge is -2.39. The Kier molecular flexibility index (Phi) is 4.80. The first-order valence-corrected chi connectivity index (χ1v) is 7.36. The number of rotatable bonds is 6. The first-order chi connectivity index (χ1) is 9.18. The van der Waals surface area contributed by atoms with Crippen molar-refractivity contribution in [3.63, 3.8) is 0 Å². The summed E-state index contributed by atoms with van der Waals surface area (Å²) in [7, 11) is 0. The average Bonchev–Trinajstić information content (AvgIpc) is 2.84. The Morgan fingerprint density at radius 1 is 1.26 bits per heavy atom. The van der Waals surface area contributed by atoms with Crippen molar-refractivity contribution in [1.29, 1.82) is 0 Å². The number of hydrogen-bond acceptors (Lipinski definition) is 3. The van der Waals surface area contributed by atoms with Crippen molar-refractivity contribution in [1.82, 2.24) is 10.2 Å². The maximum atomic E-state index is 12.5. The highest BCUT2D eigenvalue weighted by Gasteiger charge is 2.47. The number of nitrogens with zero attached hydrogens (tertiary/aromatic N) is 1. The molecule has 0 aromatic rings. The molecule has 0 radical (unpaired) electrons. The van der Waals surface area contributed by atoms with Crippen molar-refractivity contribution in [2.45, 2.75) is 51.0 Å². The first-order valence-electron chi connectivity index (χ1n) is 7.36. The molecule has 1 saturated heterocycles. The molecule has 0 aromatic carbocycles. The molecule has 1 saturated carbocycles. The maximum absolute atomic E-state index is 12.5. The van der Waals surface area contributed by atoms with Gasteiger partial charge < -0.3 is 15.0 Å². The van der Waals surface area contributed by atoms with Crippen LogP contribution in [-0.4, -0.2) is 48.6 Å². The minimum Gasteiger partial charge on any atom is -0.381 e. The number of carbonyl (C=O) groups is 2. The lowest BCUT2D eigenvalue weighted by molar-refractivity contribution is -0.149. The summed E-state index contributed by atoms with van der Waals surface area (Å²) in [4.78, 5) is 26.0. The SMILES string of the molecule is CCCOCCCN1CC(=O)NC2(CCCC2)C1=O. The van der Waals surface area contributed by atoms with Gasteiger partial charge in [-0.2, -0.15) is 0 Å². The zero-order chi connectivity index (χ0) is 13.7. The Morgan fingerprint density at radius 3 is 2.68 bits per heavy atom. The minimum absolute atomic E-state index is 0.0176. The van der Waals surface area contributed by atoms with Crippen LogP contribution in [0, 0.1) is 0 Å². The fraction of sp³-hybridized carbons (Fsp3) is 0.857. The van der Waals surface area contributed by atoms with E-state index >= 15 is 0 Å². The lowest BCUT2D eigenvalue weighted by Crippen LogP contribution is -2.65. The number of piperazine rings is 1. The second-order valence-corrected chi connectivity index (χ2v) is 5.53. The molecule has 0 aromatic heterocycles. The van der Waals surface area contributed by atoms with E-state index in [-0.39, 0.29) is 18.4 Å². The Bertz CT molecular complexity index is 338. The number of amides is 2. The predicted molar refractivity (Wildman–Crippen MR) is 71.6 cm³/mol. The molecule has 2 aliphatic rings. The van der Waals surface area contributed by atoms with Gasteiger partial charge in [0.1, 0.15) is 5.54 Å². The summed E-state index contributed by atoms with van der Waals surface area (Å²) in [5.74, 6) is 0.0936. The van der Waals surface area contributed by atoms with Crippen LogP contribution in [0.5, 0.6) is 0 Å². The monoisotopic (exact) mass is 268 g/mol. The van der Waals surface area contributed by atoms with E-state index in [0.29, 0.717) is 13.2 Å². The van der Waals surface area contributed by atoms with Gasteiger partial charge in [-0.15, -0.1) is 0 Å². The molecule has 0 atom stereocenters. The smallest absolute Gasteiger partial charge is 0.248 e. The summed E-state index contributed by atoms with van der Waals surface area (Å²) in [5.41, 5.74) is -0.584. The molecule has 2 rings (SSSR count). The summed E-state index contributed by atoms with van der Waals surface area (Å²) >= 11 is 0. The molecule has 108 valence electrons. The third kappa shape index (κ3) is 3.26. The number of nitrogens with one attached hydrogen (secondary N) is 1. The molecular formula is C14H24N2O3. The lowest BCUT2D eigenvalue weighted by atomic mass is 9.93. The van der Waals surface area contributed by atoms with Gasteiger partial charge in [0.15, 0.2) is 0 Å². The summed E-state index contributed by atoms with van der Waals surface area (Å²) < 4.78 is 5.41. The van der Waals surface area contributed by atoms with E-state index in [2.05, 4.69) is 12.2 Å². The van der Waals surface area contributed by atoms with Crippen LogP contribution < -0.4 is 5.32 Å². The average molecular weight is 268 g/mol. The molecular weight excluding hydrogens is 244 g/mol. The molecule has 1 aliphatic heterocycles. The van der Waals surface area contributed by atoms with Crippen LogP contribution in [0.15, 0.2) is 0 Å². The third-order valence-corrected chi connectivity index (χ3v) is 3.93. The quantitative estimate of drug-likeness (QED) is 0.733. The Balaban J connectivity index is 1.85. The standard InChI is InChI=1S/C14H24N2O3/c1-2-9-19-10-5-8-16-11-12(17)15-14(13(16)18)6-3-4-7-14/h2-11H2,1H3,(H,15,17). The molecule has 5 heteroatoms. The van der Waals surface area contributed by atoms with Gasteiger partial charge in [0, 0.05) is 19.8 Å². The van der Waals surface area contributed by atoms with Crippen molar-refractivity contribution in [3.05, 3.63) is 0 Å². The number of hydrogen-bond donors (Lipinski definition) is 1. The topological polar surface area (TPSA) is 58.6 Å². The Morgan fingerprint density at radius 2 is 2.00 bits per heavy atom. The molecule has 1 aliphatic carbocycles. The summed E-state index contributed by atoms with van der Waals surface area (Å²) in [5, 5.41) is 2.92. The molecule has 19 heavy (non-hydrogen) atoms. The zero-order valence-electron chi connectivity index (χ0n) is 11.7. The van der Waals surface area contributed by atoms with E-state index in [4.69, 9.17) is 4.74 Å². The molecule has 1 spiro atoms. The van der Waals surface area contributed by atoms with E-state index in [0.717, 1.165) is 45.1 Å². The number of ether oxygens (including phenoxy) is 1. The minimum atomic E-state index is -0.584. The number of carbonyl (C=O) groups excluding carboxylic acids is 2. The molecule has 2 amide bonds. The summed E-state index contributed by atoms with van der Waals surface area (Å²) in [6.45, 7) is 4.32. The van der Waals surface area contributed by atoms with Crippen LogP contribution in [0.2, 0.25) is 0 Å². The largest absolute Gasteiger partial charge is 0.381 e. The zero-order valence-corrected chi connectivity index (χ0v) is 11.7. The highest BCUT2D eigenvalue weighted by atomic mass is 16.5. The maximum Gasteiger partial charge on any atom is 0.248 e. The fourth-order valence-corrected chi connectivity index (χ4v) is 3.01. The van der Waals surface area contributed by atoms with Gasteiger partial charge in [0.05, 0.1) is 6.54 Å². The van der Waals surface area contributed by atoms with Crippen LogP contribution in [0.3, 0.4) is 0 Å². The Hall–Kier alpha value is -1.10.